The third-order valence-corrected chi connectivity index (χ3v) is 5.51. The summed E-state index contributed by atoms with van der Waals surface area (Å²) in [6, 6.07) is 15.9. The van der Waals surface area contributed by atoms with Crippen LogP contribution in [0.25, 0.3) is 11.3 Å². The molecule has 5 heteroatoms. The molecule has 28 heavy (non-hydrogen) atoms. The van der Waals surface area contributed by atoms with Gasteiger partial charge in [0.05, 0.1) is 5.01 Å². The molecular formula is C23H27N3OS. The zero-order valence-electron chi connectivity index (χ0n) is 17.0. The fourth-order valence-electron chi connectivity index (χ4n) is 3.25. The number of urea groups is 1. The lowest BCUT2D eigenvalue weighted by Gasteiger charge is -2.20. The maximum atomic E-state index is 12.9. The molecule has 0 atom stereocenters. The molecule has 0 spiro atoms. The maximum Gasteiger partial charge on any atom is 0.324 e. The van der Waals surface area contributed by atoms with Crippen LogP contribution in [0.1, 0.15) is 55.7 Å². The Kier molecular flexibility index (Phi) is 6.15. The van der Waals surface area contributed by atoms with Gasteiger partial charge in [-0.1, -0.05) is 76.2 Å². The van der Waals surface area contributed by atoms with Crippen molar-refractivity contribution < 1.29 is 4.79 Å². The summed E-state index contributed by atoms with van der Waals surface area (Å²) in [5.41, 5.74) is 5.00. The van der Waals surface area contributed by atoms with Gasteiger partial charge in [-0.2, -0.15) is 0 Å². The summed E-state index contributed by atoms with van der Waals surface area (Å²) in [5.74, 6) is 0.638. The van der Waals surface area contributed by atoms with Gasteiger partial charge in [0.15, 0.2) is 0 Å². The highest BCUT2D eigenvalue weighted by Gasteiger charge is 2.18. The van der Waals surface area contributed by atoms with Crippen molar-refractivity contribution in [2.24, 2.45) is 0 Å². The highest BCUT2D eigenvalue weighted by molar-refractivity contribution is 7.16. The Hall–Kier alpha value is -2.66. The minimum atomic E-state index is -0.240. The summed E-state index contributed by atoms with van der Waals surface area (Å²) >= 11 is 1.49. The van der Waals surface area contributed by atoms with Crippen LogP contribution in [0.15, 0.2) is 48.5 Å². The number of carbonyl (C=O) groups is 1. The number of thiazole rings is 1. The molecule has 0 bridgehead atoms. The Labute approximate surface area is 171 Å². The summed E-state index contributed by atoms with van der Waals surface area (Å²) in [6.07, 6.45) is 0. The number of anilines is 2. The first kappa shape index (κ1) is 20.1. The molecule has 0 aliphatic carbocycles. The van der Waals surface area contributed by atoms with Gasteiger partial charge in [-0.25, -0.2) is 9.78 Å². The lowest BCUT2D eigenvalue weighted by atomic mass is 9.93. The predicted molar refractivity (Wildman–Crippen MR) is 120 cm³/mol. The normalized spacial score (nSPS) is 11.1. The van der Waals surface area contributed by atoms with E-state index in [1.54, 1.807) is 0 Å². The largest absolute Gasteiger partial charge is 0.324 e. The first-order chi connectivity index (χ1) is 13.4. The number of benzene rings is 2. The van der Waals surface area contributed by atoms with Crippen molar-refractivity contribution in [1.29, 1.82) is 0 Å². The summed E-state index contributed by atoms with van der Waals surface area (Å²) in [6.45, 7) is 10.5. The molecule has 3 rings (SSSR count). The van der Waals surface area contributed by atoms with Crippen LogP contribution >= 0.6 is 11.3 Å². The van der Waals surface area contributed by atoms with E-state index in [-0.39, 0.29) is 6.03 Å². The third-order valence-electron chi connectivity index (χ3n) is 4.62. The number of aromatic nitrogens is 1. The van der Waals surface area contributed by atoms with E-state index in [9.17, 15) is 4.79 Å². The molecule has 0 aliphatic heterocycles. The molecule has 1 heterocycles. The van der Waals surface area contributed by atoms with Gasteiger partial charge < -0.3 is 5.32 Å². The molecule has 4 nitrogen and oxygen atoms in total. The van der Waals surface area contributed by atoms with Gasteiger partial charge in [0.1, 0.15) is 10.7 Å². The van der Waals surface area contributed by atoms with Crippen molar-refractivity contribution in [3.8, 4) is 11.3 Å². The third kappa shape index (κ3) is 4.42. The average molecular weight is 394 g/mol. The summed E-state index contributed by atoms with van der Waals surface area (Å²) in [7, 11) is 0. The van der Waals surface area contributed by atoms with Gasteiger partial charge in [-0.15, -0.1) is 11.3 Å². The topological polar surface area (TPSA) is 54.0 Å². The van der Waals surface area contributed by atoms with Gasteiger partial charge in [0.2, 0.25) is 0 Å². The van der Waals surface area contributed by atoms with Crippen LogP contribution in [0, 0.1) is 6.92 Å². The quantitative estimate of drug-likeness (QED) is 0.490. The first-order valence-corrected chi connectivity index (χ1v) is 10.4. The van der Waals surface area contributed by atoms with E-state index in [4.69, 9.17) is 0 Å². The Morgan fingerprint density at radius 2 is 1.50 bits per heavy atom. The Morgan fingerprint density at radius 1 is 0.893 bits per heavy atom. The second-order valence-electron chi connectivity index (χ2n) is 7.48. The highest BCUT2D eigenvalue weighted by atomic mass is 32.1. The lowest BCUT2D eigenvalue weighted by molar-refractivity contribution is 0.262. The van der Waals surface area contributed by atoms with E-state index in [2.05, 4.69) is 61.5 Å². The number of hydrogen-bond donors (Lipinski definition) is 2. The number of nitrogens with one attached hydrogen (secondary N) is 2. The van der Waals surface area contributed by atoms with Crippen molar-refractivity contribution in [2.75, 3.05) is 10.6 Å². The average Bonchev–Trinajstić information content (AvgIpc) is 3.02. The predicted octanol–water partition coefficient (Wildman–Crippen LogP) is 7.01. The summed E-state index contributed by atoms with van der Waals surface area (Å²) in [4.78, 5) is 17.5. The zero-order chi connectivity index (χ0) is 20.3. The second kappa shape index (κ2) is 8.57. The van der Waals surface area contributed by atoms with E-state index in [1.807, 2.05) is 37.3 Å². The van der Waals surface area contributed by atoms with E-state index in [0.717, 1.165) is 38.1 Å². The van der Waals surface area contributed by atoms with Crippen molar-refractivity contribution >= 4 is 28.1 Å². The van der Waals surface area contributed by atoms with Crippen molar-refractivity contribution in [2.45, 2.75) is 46.5 Å². The standard InChI is InChI=1S/C23H27N3OS/c1-14(2)18-12-9-13-19(15(3)4)21(18)25-23(27)26-22-20(24-16(5)28-22)17-10-7-6-8-11-17/h6-15H,1-5H3,(H2,25,26,27). The smallest absolute Gasteiger partial charge is 0.307 e. The Bertz CT molecular complexity index is 935. The molecule has 3 aromatic rings. The molecule has 2 aromatic carbocycles. The van der Waals surface area contributed by atoms with Gasteiger partial charge >= 0.3 is 6.03 Å². The summed E-state index contributed by atoms with van der Waals surface area (Å²) in [5, 5.41) is 7.80. The van der Waals surface area contributed by atoms with Crippen LogP contribution in [0.5, 0.6) is 0 Å². The summed E-state index contributed by atoms with van der Waals surface area (Å²) < 4.78 is 0. The van der Waals surface area contributed by atoms with Gasteiger partial charge in [0.25, 0.3) is 0 Å². The molecule has 1 aromatic heterocycles. The molecule has 146 valence electrons. The molecule has 0 fully saturated rings. The second-order valence-corrected chi connectivity index (χ2v) is 8.68. The van der Waals surface area contributed by atoms with Gasteiger partial charge in [-0.3, -0.25) is 5.32 Å². The van der Waals surface area contributed by atoms with Crippen LogP contribution in [0.3, 0.4) is 0 Å². The van der Waals surface area contributed by atoms with Gasteiger partial charge in [0, 0.05) is 11.3 Å². The van der Waals surface area contributed by atoms with Gasteiger partial charge in [-0.05, 0) is 29.9 Å². The fraction of sp³-hybridized carbons (Fsp3) is 0.304. The number of aryl methyl sites for hydroxylation is 1. The van der Waals surface area contributed by atoms with E-state index in [0.29, 0.717) is 11.8 Å². The number of rotatable bonds is 5. The molecule has 2 amide bonds. The van der Waals surface area contributed by atoms with Crippen molar-refractivity contribution in [1.82, 2.24) is 4.98 Å². The van der Waals surface area contributed by atoms with E-state index < -0.39 is 0 Å². The van der Waals surface area contributed by atoms with Crippen LogP contribution in [-0.2, 0) is 0 Å². The number of hydrogen-bond acceptors (Lipinski definition) is 3. The van der Waals surface area contributed by atoms with Crippen molar-refractivity contribution in [3.63, 3.8) is 0 Å². The fourth-order valence-corrected chi connectivity index (χ4v) is 4.08. The zero-order valence-corrected chi connectivity index (χ0v) is 17.9. The number of amides is 2. The molecule has 2 N–H and O–H groups in total. The lowest BCUT2D eigenvalue weighted by Crippen LogP contribution is -2.21. The molecular weight excluding hydrogens is 366 g/mol. The minimum absolute atomic E-state index is 0.240. The molecule has 0 radical (unpaired) electrons. The molecule has 0 saturated carbocycles. The van der Waals surface area contributed by atoms with Crippen LogP contribution < -0.4 is 10.6 Å². The molecule has 0 aliphatic rings. The van der Waals surface area contributed by atoms with E-state index in [1.165, 1.54) is 11.3 Å². The minimum Gasteiger partial charge on any atom is -0.307 e. The maximum absolute atomic E-state index is 12.9. The SMILES string of the molecule is Cc1nc(-c2ccccc2)c(NC(=O)Nc2c(C(C)C)cccc2C(C)C)s1. The van der Waals surface area contributed by atoms with Crippen LogP contribution in [0.4, 0.5) is 15.5 Å². The van der Waals surface area contributed by atoms with E-state index >= 15 is 0 Å². The molecule has 0 saturated heterocycles. The monoisotopic (exact) mass is 393 g/mol. The Morgan fingerprint density at radius 3 is 2.07 bits per heavy atom. The first-order valence-electron chi connectivity index (χ1n) is 9.60. The Balaban J connectivity index is 1.89. The molecule has 0 unspecified atom stereocenters. The van der Waals surface area contributed by atoms with Crippen LogP contribution in [-0.4, -0.2) is 11.0 Å². The highest BCUT2D eigenvalue weighted by Crippen LogP contribution is 2.35. The van der Waals surface area contributed by atoms with Crippen LogP contribution in [0.2, 0.25) is 0 Å². The number of nitrogens with zero attached hydrogens (tertiary/aromatic N) is 1. The number of carbonyl (C=O) groups excluding carboxylic acids is 1. The van der Waals surface area contributed by atoms with Crippen molar-refractivity contribution in [3.05, 3.63) is 64.7 Å². The number of para-hydroxylation sites is 1.